The molecular weight excluding hydrogens is 729 g/mol. The standard InChI is InChI=1S/C56H38N4/c1-56(2)47-24-10-9-22-43(47)44-32-46-45-31-39(42-23-12-18-37-25-26-38-20-13-29-57-54(38)53(37)42)27-28-51(45)60(52(46)33-48(44)56)41-21-11-19-40(30-41)55-58-49(35-14-5-3-6-15-35)34-50(59-55)36-16-7-4-8-17-36/h3-34H,1-2H3. The highest BCUT2D eigenvalue weighted by Crippen LogP contribution is 2.51. The van der Waals surface area contributed by atoms with Crippen LogP contribution in [0.15, 0.2) is 194 Å². The zero-order valence-electron chi connectivity index (χ0n) is 33.3. The van der Waals surface area contributed by atoms with Crippen LogP contribution < -0.4 is 0 Å². The molecule has 0 saturated carbocycles. The zero-order chi connectivity index (χ0) is 40.0. The molecule has 3 heterocycles. The van der Waals surface area contributed by atoms with Crippen molar-refractivity contribution in [3.8, 4) is 61.8 Å². The topological polar surface area (TPSA) is 43.6 Å². The minimum atomic E-state index is -0.148. The molecule has 8 aromatic carbocycles. The predicted molar refractivity (Wildman–Crippen MR) is 248 cm³/mol. The Kier molecular flexibility index (Phi) is 7.54. The van der Waals surface area contributed by atoms with E-state index in [9.17, 15) is 0 Å². The summed E-state index contributed by atoms with van der Waals surface area (Å²) >= 11 is 0. The molecule has 1 aliphatic carbocycles. The summed E-state index contributed by atoms with van der Waals surface area (Å²) in [5, 5.41) is 5.93. The lowest BCUT2D eigenvalue weighted by Crippen LogP contribution is -2.14. The first kappa shape index (κ1) is 34.4. The Morgan fingerprint density at radius 1 is 0.433 bits per heavy atom. The van der Waals surface area contributed by atoms with E-state index < -0.39 is 0 Å². The summed E-state index contributed by atoms with van der Waals surface area (Å²) in [6, 6.07) is 67.5. The molecule has 0 bridgehead atoms. The van der Waals surface area contributed by atoms with Crippen molar-refractivity contribution in [3.63, 3.8) is 0 Å². The molecule has 60 heavy (non-hydrogen) atoms. The molecule has 0 unspecified atom stereocenters. The van der Waals surface area contributed by atoms with Crippen molar-refractivity contribution in [2.75, 3.05) is 0 Å². The highest BCUT2D eigenvalue weighted by atomic mass is 15.0. The summed E-state index contributed by atoms with van der Waals surface area (Å²) < 4.78 is 2.44. The van der Waals surface area contributed by atoms with E-state index in [1.807, 2.05) is 24.4 Å². The van der Waals surface area contributed by atoms with Crippen LogP contribution in [0.5, 0.6) is 0 Å². The van der Waals surface area contributed by atoms with Gasteiger partial charge in [0.25, 0.3) is 0 Å². The number of hydrogen-bond donors (Lipinski definition) is 0. The van der Waals surface area contributed by atoms with Crippen molar-refractivity contribution in [1.29, 1.82) is 0 Å². The lowest BCUT2D eigenvalue weighted by Gasteiger charge is -2.21. The highest BCUT2D eigenvalue weighted by molar-refractivity contribution is 6.16. The Bertz CT molecular complexity index is 3450. The molecule has 0 radical (unpaired) electrons. The molecule has 3 aromatic heterocycles. The van der Waals surface area contributed by atoms with Gasteiger partial charge < -0.3 is 4.57 Å². The summed E-state index contributed by atoms with van der Waals surface area (Å²) in [6.07, 6.45) is 1.90. The quantitative estimate of drug-likeness (QED) is 0.164. The van der Waals surface area contributed by atoms with E-state index in [1.165, 1.54) is 60.4 Å². The summed E-state index contributed by atoms with van der Waals surface area (Å²) in [6.45, 7) is 4.71. The monoisotopic (exact) mass is 766 g/mol. The maximum atomic E-state index is 5.20. The molecular formula is C56H38N4. The number of pyridine rings is 1. The van der Waals surface area contributed by atoms with Gasteiger partial charge in [-0.25, -0.2) is 9.97 Å². The maximum Gasteiger partial charge on any atom is 0.160 e. The first-order chi connectivity index (χ1) is 29.5. The van der Waals surface area contributed by atoms with Gasteiger partial charge in [0, 0.05) is 55.5 Å². The van der Waals surface area contributed by atoms with Gasteiger partial charge in [-0.05, 0) is 87.3 Å². The van der Waals surface area contributed by atoms with Gasteiger partial charge in [-0.1, -0.05) is 153 Å². The van der Waals surface area contributed by atoms with E-state index in [0.717, 1.165) is 50.2 Å². The van der Waals surface area contributed by atoms with Crippen LogP contribution in [0.1, 0.15) is 25.0 Å². The van der Waals surface area contributed by atoms with E-state index in [4.69, 9.17) is 15.0 Å². The van der Waals surface area contributed by atoms with E-state index in [0.29, 0.717) is 5.82 Å². The Labute approximate surface area is 348 Å². The van der Waals surface area contributed by atoms with Crippen molar-refractivity contribution in [2.24, 2.45) is 0 Å². The van der Waals surface area contributed by atoms with Crippen LogP contribution in [0.25, 0.3) is 105 Å². The summed E-state index contributed by atoms with van der Waals surface area (Å²) in [7, 11) is 0. The number of nitrogens with zero attached hydrogens (tertiary/aromatic N) is 4. The van der Waals surface area contributed by atoms with E-state index >= 15 is 0 Å². The molecule has 0 spiro atoms. The molecule has 4 heteroatoms. The van der Waals surface area contributed by atoms with Crippen molar-refractivity contribution in [2.45, 2.75) is 19.3 Å². The van der Waals surface area contributed by atoms with Gasteiger partial charge in [0.1, 0.15) is 0 Å². The lowest BCUT2D eigenvalue weighted by atomic mass is 9.82. The fourth-order valence-corrected chi connectivity index (χ4v) is 9.69. The zero-order valence-corrected chi connectivity index (χ0v) is 33.3. The van der Waals surface area contributed by atoms with Crippen LogP contribution in [0.2, 0.25) is 0 Å². The summed E-state index contributed by atoms with van der Waals surface area (Å²) in [5.74, 6) is 0.689. The third-order valence-corrected chi connectivity index (χ3v) is 12.6. The van der Waals surface area contributed by atoms with Gasteiger partial charge in [0.15, 0.2) is 5.82 Å². The number of hydrogen-bond acceptors (Lipinski definition) is 3. The van der Waals surface area contributed by atoms with Crippen LogP contribution in [-0.2, 0) is 5.41 Å². The fourth-order valence-electron chi connectivity index (χ4n) is 9.69. The molecule has 4 nitrogen and oxygen atoms in total. The third kappa shape index (κ3) is 5.27. The van der Waals surface area contributed by atoms with Crippen molar-refractivity contribution < 1.29 is 0 Å². The minimum absolute atomic E-state index is 0.148. The fraction of sp³-hybridized carbons (Fsp3) is 0.0536. The van der Waals surface area contributed by atoms with Crippen molar-refractivity contribution >= 4 is 43.5 Å². The van der Waals surface area contributed by atoms with Crippen LogP contribution >= 0.6 is 0 Å². The normalized spacial score (nSPS) is 13.0. The van der Waals surface area contributed by atoms with Crippen molar-refractivity contribution in [3.05, 3.63) is 205 Å². The average Bonchev–Trinajstić information content (AvgIpc) is 3.75. The first-order valence-corrected chi connectivity index (χ1v) is 20.6. The number of aromatic nitrogens is 4. The Hall–Kier alpha value is -7.69. The Morgan fingerprint density at radius 2 is 1.10 bits per heavy atom. The SMILES string of the molecule is CC1(C)c2ccccc2-c2cc3c4cc(-c5cccc6ccc7cccnc7c56)ccc4n(-c4cccc(-c5nc(-c6ccccc6)cc(-c6ccccc6)n5)c4)c3cc21. The Balaban J connectivity index is 1.10. The number of rotatable bonds is 5. The minimum Gasteiger partial charge on any atom is -0.309 e. The molecule has 0 fully saturated rings. The summed E-state index contributed by atoms with van der Waals surface area (Å²) in [5.41, 5.74) is 16.8. The summed E-state index contributed by atoms with van der Waals surface area (Å²) in [4.78, 5) is 15.3. The van der Waals surface area contributed by atoms with Gasteiger partial charge in [-0.15, -0.1) is 0 Å². The van der Waals surface area contributed by atoms with Crippen LogP contribution in [0.4, 0.5) is 0 Å². The van der Waals surface area contributed by atoms with E-state index in [1.54, 1.807) is 0 Å². The predicted octanol–water partition coefficient (Wildman–Crippen LogP) is 14.2. The van der Waals surface area contributed by atoms with Crippen LogP contribution in [-0.4, -0.2) is 19.5 Å². The van der Waals surface area contributed by atoms with Gasteiger partial charge in [0.2, 0.25) is 0 Å². The third-order valence-electron chi connectivity index (χ3n) is 12.6. The second-order valence-electron chi connectivity index (χ2n) is 16.4. The second kappa shape index (κ2) is 13.2. The van der Waals surface area contributed by atoms with Gasteiger partial charge in [-0.2, -0.15) is 0 Å². The van der Waals surface area contributed by atoms with Gasteiger partial charge >= 0.3 is 0 Å². The molecule has 0 N–H and O–H groups in total. The molecule has 1 aliphatic rings. The number of benzene rings is 8. The molecule has 0 saturated heterocycles. The number of fused-ring (bicyclic) bond motifs is 9. The maximum absolute atomic E-state index is 5.20. The molecule has 11 aromatic rings. The lowest BCUT2D eigenvalue weighted by molar-refractivity contribution is 0.661. The smallest absolute Gasteiger partial charge is 0.160 e. The average molecular weight is 767 g/mol. The van der Waals surface area contributed by atoms with Crippen LogP contribution in [0.3, 0.4) is 0 Å². The second-order valence-corrected chi connectivity index (χ2v) is 16.4. The molecule has 0 amide bonds. The molecule has 0 atom stereocenters. The van der Waals surface area contributed by atoms with Gasteiger partial charge in [0.05, 0.1) is 27.9 Å². The largest absolute Gasteiger partial charge is 0.309 e. The van der Waals surface area contributed by atoms with Crippen molar-refractivity contribution in [1.82, 2.24) is 19.5 Å². The Morgan fingerprint density at radius 3 is 1.90 bits per heavy atom. The molecule has 0 aliphatic heterocycles. The van der Waals surface area contributed by atoms with E-state index in [-0.39, 0.29) is 5.41 Å². The van der Waals surface area contributed by atoms with Crippen LogP contribution in [0, 0.1) is 0 Å². The van der Waals surface area contributed by atoms with E-state index in [2.05, 4.69) is 188 Å². The first-order valence-electron chi connectivity index (χ1n) is 20.6. The van der Waals surface area contributed by atoms with Gasteiger partial charge in [-0.3, -0.25) is 4.98 Å². The molecule has 12 rings (SSSR count). The molecule has 282 valence electrons. The highest BCUT2D eigenvalue weighted by Gasteiger charge is 2.36.